The molecule has 2 aliphatic heterocycles. The molecule has 0 saturated carbocycles. The molecule has 0 radical (unpaired) electrons. The Hall–Kier alpha value is -1.99. The number of rotatable bonds is 5. The molecule has 7 heteroatoms. The molecule has 0 spiro atoms. The lowest BCUT2D eigenvalue weighted by molar-refractivity contribution is -0.385. The van der Waals surface area contributed by atoms with E-state index in [1.165, 1.54) is 0 Å². The summed E-state index contributed by atoms with van der Waals surface area (Å²) in [6.07, 6.45) is 2.24. The lowest BCUT2D eigenvalue weighted by atomic mass is 10.1. The molecular weight excluding hydrogens is 308 g/mol. The van der Waals surface area contributed by atoms with Crippen LogP contribution in [0.2, 0.25) is 0 Å². The Bertz CT molecular complexity index is 593. The second-order valence-corrected chi connectivity index (χ2v) is 6.53. The average Bonchev–Trinajstić information content (AvgIpc) is 3.11. The van der Waals surface area contributed by atoms with Gasteiger partial charge in [-0.3, -0.25) is 24.7 Å². The molecule has 1 aromatic carbocycles. The molecule has 2 aliphatic rings. The van der Waals surface area contributed by atoms with E-state index < -0.39 is 0 Å². The molecule has 2 fully saturated rings. The molecule has 0 N–H and O–H groups in total. The predicted molar refractivity (Wildman–Crippen MR) is 90.6 cm³/mol. The first-order valence-corrected chi connectivity index (χ1v) is 8.58. The van der Waals surface area contributed by atoms with E-state index in [0.29, 0.717) is 13.1 Å². The number of carbonyl (C=O) groups excluding carboxylic acids is 1. The van der Waals surface area contributed by atoms with Gasteiger partial charge in [-0.05, 0) is 12.8 Å². The summed E-state index contributed by atoms with van der Waals surface area (Å²) in [4.78, 5) is 29.4. The summed E-state index contributed by atoms with van der Waals surface area (Å²) in [5.74, 6) is 0.236. The first kappa shape index (κ1) is 16.9. The fraction of sp³-hybridized carbons (Fsp3) is 0.588. The molecule has 0 atom stereocenters. The van der Waals surface area contributed by atoms with Crippen LogP contribution in [0.3, 0.4) is 0 Å². The largest absolute Gasteiger partial charge is 0.342 e. The summed E-state index contributed by atoms with van der Waals surface area (Å²) in [7, 11) is 0. The topological polar surface area (TPSA) is 69.9 Å². The van der Waals surface area contributed by atoms with Gasteiger partial charge < -0.3 is 4.90 Å². The lowest BCUT2D eigenvalue weighted by Crippen LogP contribution is -2.49. The molecule has 2 heterocycles. The van der Waals surface area contributed by atoms with E-state index >= 15 is 0 Å². The number of nitrogens with zero attached hydrogens (tertiary/aromatic N) is 4. The molecule has 24 heavy (non-hydrogen) atoms. The first-order valence-electron chi connectivity index (χ1n) is 8.58. The normalized spacial score (nSPS) is 19.6. The van der Waals surface area contributed by atoms with Crippen LogP contribution < -0.4 is 0 Å². The van der Waals surface area contributed by atoms with Crippen molar-refractivity contribution in [2.75, 3.05) is 45.8 Å². The second-order valence-electron chi connectivity index (χ2n) is 6.53. The quantitative estimate of drug-likeness (QED) is 0.601. The summed E-state index contributed by atoms with van der Waals surface area (Å²) < 4.78 is 0. The Morgan fingerprint density at radius 1 is 1.00 bits per heavy atom. The highest BCUT2D eigenvalue weighted by atomic mass is 16.6. The van der Waals surface area contributed by atoms with Crippen LogP contribution in [-0.2, 0) is 11.3 Å². The minimum atomic E-state index is -0.319. The highest BCUT2D eigenvalue weighted by Gasteiger charge is 2.24. The fourth-order valence-electron chi connectivity index (χ4n) is 3.43. The van der Waals surface area contributed by atoms with Gasteiger partial charge in [0.05, 0.1) is 11.5 Å². The third-order valence-electron chi connectivity index (χ3n) is 4.86. The average molecular weight is 332 g/mol. The van der Waals surface area contributed by atoms with Gasteiger partial charge in [-0.2, -0.15) is 0 Å². The van der Waals surface area contributed by atoms with E-state index in [2.05, 4.69) is 9.80 Å². The second kappa shape index (κ2) is 7.72. The maximum atomic E-state index is 12.2. The standard InChI is InChI=1S/C17H24N4O3/c22-17(20-7-3-4-8-20)14-19-11-9-18(10-12-19)13-15-5-1-2-6-16(15)21(23)24/h1-2,5-6H,3-4,7-14H2. The van der Waals surface area contributed by atoms with Crippen molar-refractivity contribution in [1.82, 2.24) is 14.7 Å². The van der Waals surface area contributed by atoms with Gasteiger partial charge in [-0.1, -0.05) is 18.2 Å². The Kier molecular flexibility index (Phi) is 5.42. The highest BCUT2D eigenvalue weighted by Crippen LogP contribution is 2.20. The molecule has 1 aromatic rings. The molecule has 130 valence electrons. The minimum absolute atomic E-state index is 0.184. The summed E-state index contributed by atoms with van der Waals surface area (Å²) in [5, 5.41) is 11.1. The Labute approximate surface area is 142 Å². The number of para-hydroxylation sites is 1. The number of hydrogen-bond donors (Lipinski definition) is 0. The van der Waals surface area contributed by atoms with Gasteiger partial charge in [-0.15, -0.1) is 0 Å². The van der Waals surface area contributed by atoms with E-state index in [0.717, 1.165) is 57.7 Å². The number of likely N-dealkylation sites (tertiary alicyclic amines) is 1. The van der Waals surface area contributed by atoms with Crippen molar-refractivity contribution in [2.24, 2.45) is 0 Å². The number of amides is 1. The van der Waals surface area contributed by atoms with Gasteiger partial charge in [0, 0.05) is 57.4 Å². The monoisotopic (exact) mass is 332 g/mol. The molecule has 2 saturated heterocycles. The third kappa shape index (κ3) is 4.10. The van der Waals surface area contributed by atoms with Crippen molar-refractivity contribution >= 4 is 11.6 Å². The Balaban J connectivity index is 1.49. The van der Waals surface area contributed by atoms with Gasteiger partial charge in [-0.25, -0.2) is 0 Å². The zero-order chi connectivity index (χ0) is 16.9. The van der Waals surface area contributed by atoms with Crippen molar-refractivity contribution in [3.05, 3.63) is 39.9 Å². The zero-order valence-corrected chi connectivity index (χ0v) is 13.9. The van der Waals surface area contributed by atoms with Crippen LogP contribution in [0.5, 0.6) is 0 Å². The maximum Gasteiger partial charge on any atom is 0.273 e. The van der Waals surface area contributed by atoms with Crippen LogP contribution in [0, 0.1) is 10.1 Å². The number of nitro benzene ring substituents is 1. The van der Waals surface area contributed by atoms with E-state index in [1.807, 2.05) is 17.0 Å². The SMILES string of the molecule is O=C(CN1CCN(Cc2ccccc2[N+](=O)[O-])CC1)N1CCCC1. The van der Waals surface area contributed by atoms with Crippen molar-refractivity contribution in [3.8, 4) is 0 Å². The maximum absolute atomic E-state index is 12.2. The van der Waals surface area contributed by atoms with Crippen molar-refractivity contribution in [1.29, 1.82) is 0 Å². The molecule has 0 aliphatic carbocycles. The van der Waals surface area contributed by atoms with Crippen LogP contribution in [0.4, 0.5) is 5.69 Å². The van der Waals surface area contributed by atoms with Gasteiger partial charge in [0.15, 0.2) is 0 Å². The number of benzene rings is 1. The summed E-state index contributed by atoms with van der Waals surface area (Å²) in [6.45, 7) is 6.22. The smallest absolute Gasteiger partial charge is 0.273 e. The van der Waals surface area contributed by atoms with E-state index in [-0.39, 0.29) is 16.5 Å². The van der Waals surface area contributed by atoms with E-state index in [9.17, 15) is 14.9 Å². The van der Waals surface area contributed by atoms with E-state index in [4.69, 9.17) is 0 Å². The van der Waals surface area contributed by atoms with Crippen LogP contribution >= 0.6 is 0 Å². The van der Waals surface area contributed by atoms with Crippen LogP contribution in [0.15, 0.2) is 24.3 Å². The zero-order valence-electron chi connectivity index (χ0n) is 13.9. The minimum Gasteiger partial charge on any atom is -0.342 e. The molecule has 0 bridgehead atoms. The highest BCUT2D eigenvalue weighted by molar-refractivity contribution is 5.78. The molecular formula is C17H24N4O3. The molecule has 1 amide bonds. The number of nitro groups is 1. The van der Waals surface area contributed by atoms with Crippen molar-refractivity contribution < 1.29 is 9.72 Å². The van der Waals surface area contributed by atoms with Crippen molar-refractivity contribution in [3.63, 3.8) is 0 Å². The summed E-state index contributed by atoms with van der Waals surface area (Å²) >= 11 is 0. The van der Waals surface area contributed by atoms with Crippen LogP contribution in [-0.4, -0.2) is 71.3 Å². The predicted octanol–water partition coefficient (Wildman–Crippen LogP) is 1.33. The molecule has 7 nitrogen and oxygen atoms in total. The molecule has 0 unspecified atom stereocenters. The molecule has 0 aromatic heterocycles. The number of hydrogen-bond acceptors (Lipinski definition) is 5. The Morgan fingerprint density at radius 2 is 1.62 bits per heavy atom. The fourth-order valence-corrected chi connectivity index (χ4v) is 3.43. The number of carbonyl (C=O) groups is 1. The Morgan fingerprint density at radius 3 is 2.29 bits per heavy atom. The summed E-state index contributed by atoms with van der Waals surface area (Å²) in [5.41, 5.74) is 0.938. The number of piperazine rings is 1. The van der Waals surface area contributed by atoms with Crippen LogP contribution in [0.25, 0.3) is 0 Å². The first-order chi connectivity index (χ1) is 11.6. The molecule has 3 rings (SSSR count). The van der Waals surface area contributed by atoms with Gasteiger partial charge in [0.2, 0.25) is 5.91 Å². The van der Waals surface area contributed by atoms with Gasteiger partial charge in [0.25, 0.3) is 5.69 Å². The van der Waals surface area contributed by atoms with Gasteiger partial charge >= 0.3 is 0 Å². The van der Waals surface area contributed by atoms with E-state index in [1.54, 1.807) is 12.1 Å². The van der Waals surface area contributed by atoms with Crippen LogP contribution in [0.1, 0.15) is 18.4 Å². The lowest BCUT2D eigenvalue weighted by Gasteiger charge is -2.34. The third-order valence-corrected chi connectivity index (χ3v) is 4.86. The summed E-state index contributed by atoms with van der Waals surface area (Å²) in [6, 6.07) is 6.92. The van der Waals surface area contributed by atoms with Gasteiger partial charge in [0.1, 0.15) is 0 Å². The van der Waals surface area contributed by atoms with Crippen molar-refractivity contribution in [2.45, 2.75) is 19.4 Å².